The second-order valence-electron chi connectivity index (χ2n) is 8.15. The molecule has 27 heavy (non-hydrogen) atoms. The zero-order valence-electron chi connectivity index (χ0n) is 16.0. The van der Waals surface area contributed by atoms with Crippen LogP contribution in [0.25, 0.3) is 0 Å². The van der Waals surface area contributed by atoms with Crippen molar-refractivity contribution in [2.45, 2.75) is 38.1 Å². The van der Waals surface area contributed by atoms with Crippen molar-refractivity contribution in [3.63, 3.8) is 0 Å². The lowest BCUT2D eigenvalue weighted by Gasteiger charge is -2.40. The van der Waals surface area contributed by atoms with Crippen molar-refractivity contribution < 1.29 is 19.1 Å². The molecule has 1 aromatic carbocycles. The van der Waals surface area contributed by atoms with Crippen molar-refractivity contribution in [3.8, 4) is 5.75 Å². The van der Waals surface area contributed by atoms with Crippen LogP contribution >= 0.6 is 0 Å². The van der Waals surface area contributed by atoms with E-state index >= 15 is 0 Å². The molecular weight excluding hydrogens is 344 g/mol. The number of amides is 2. The number of aryl methyl sites for hydroxylation is 1. The number of hydrogen-bond acceptors (Lipinski definition) is 4. The van der Waals surface area contributed by atoms with Crippen molar-refractivity contribution in [2.75, 3.05) is 39.5 Å². The Morgan fingerprint density at radius 3 is 2.93 bits per heavy atom. The van der Waals surface area contributed by atoms with Crippen molar-refractivity contribution in [3.05, 3.63) is 29.8 Å². The Balaban J connectivity index is 1.44. The van der Waals surface area contributed by atoms with Crippen molar-refractivity contribution in [1.29, 1.82) is 0 Å². The van der Waals surface area contributed by atoms with Gasteiger partial charge in [-0.15, -0.1) is 0 Å². The van der Waals surface area contributed by atoms with E-state index in [1.165, 1.54) is 12.8 Å². The Bertz CT molecular complexity index is 710. The lowest BCUT2D eigenvalue weighted by Crippen LogP contribution is -2.57. The highest BCUT2D eigenvalue weighted by atomic mass is 16.5. The normalized spacial score (nSPS) is 25.7. The lowest BCUT2D eigenvalue weighted by molar-refractivity contribution is -0.138. The maximum absolute atomic E-state index is 12.8. The fraction of sp³-hybridized carbons (Fsp3) is 0.619. The minimum absolute atomic E-state index is 0.00277. The molecule has 2 amide bonds. The van der Waals surface area contributed by atoms with Crippen LogP contribution in [0.3, 0.4) is 0 Å². The fourth-order valence-electron chi connectivity index (χ4n) is 4.09. The average Bonchev–Trinajstić information content (AvgIpc) is 3.38. The zero-order valence-corrected chi connectivity index (χ0v) is 16.0. The van der Waals surface area contributed by atoms with Gasteiger partial charge < -0.3 is 19.3 Å². The van der Waals surface area contributed by atoms with Crippen LogP contribution in [0.5, 0.6) is 5.75 Å². The third-order valence-corrected chi connectivity index (χ3v) is 5.88. The van der Waals surface area contributed by atoms with Gasteiger partial charge in [-0.2, -0.15) is 0 Å². The lowest BCUT2D eigenvalue weighted by atomic mass is 9.95. The summed E-state index contributed by atoms with van der Waals surface area (Å²) in [5.41, 5.74) is 0.730. The Hall–Kier alpha value is -2.08. The number of nitrogens with zero attached hydrogens (tertiary/aromatic N) is 2. The quantitative estimate of drug-likeness (QED) is 0.793. The maximum atomic E-state index is 12.8. The van der Waals surface area contributed by atoms with Gasteiger partial charge in [-0.1, -0.05) is 12.1 Å². The third kappa shape index (κ3) is 4.10. The molecule has 1 aromatic rings. The molecule has 0 N–H and O–H groups in total. The smallest absolute Gasteiger partial charge is 0.260 e. The predicted octanol–water partition coefficient (Wildman–Crippen LogP) is 2.00. The monoisotopic (exact) mass is 372 g/mol. The van der Waals surface area contributed by atoms with Crippen LogP contribution in [0.1, 0.15) is 31.2 Å². The van der Waals surface area contributed by atoms with Crippen LogP contribution in [0, 0.1) is 12.8 Å². The molecular formula is C21H28N2O4. The highest BCUT2D eigenvalue weighted by Crippen LogP contribution is 2.36. The van der Waals surface area contributed by atoms with Gasteiger partial charge in [-0.25, -0.2) is 0 Å². The first-order valence-corrected chi connectivity index (χ1v) is 9.91. The summed E-state index contributed by atoms with van der Waals surface area (Å²) in [5.74, 6) is 1.41. The number of hydrogen-bond donors (Lipinski definition) is 0. The Morgan fingerprint density at radius 1 is 1.37 bits per heavy atom. The summed E-state index contributed by atoms with van der Waals surface area (Å²) in [7, 11) is 0. The second-order valence-corrected chi connectivity index (χ2v) is 8.15. The largest absolute Gasteiger partial charge is 0.484 e. The van der Waals surface area contributed by atoms with Gasteiger partial charge in [0.2, 0.25) is 5.91 Å². The number of carbonyl (C=O) groups excluding carboxylic acids is 2. The van der Waals surface area contributed by atoms with Gasteiger partial charge in [-0.05, 0) is 49.8 Å². The average molecular weight is 372 g/mol. The van der Waals surface area contributed by atoms with Crippen molar-refractivity contribution >= 4 is 11.8 Å². The van der Waals surface area contributed by atoms with Crippen LogP contribution < -0.4 is 4.74 Å². The van der Waals surface area contributed by atoms with Gasteiger partial charge in [-0.3, -0.25) is 9.59 Å². The first-order valence-electron chi connectivity index (χ1n) is 9.91. The molecule has 146 valence electrons. The first kappa shape index (κ1) is 18.3. The number of benzene rings is 1. The third-order valence-electron chi connectivity index (χ3n) is 5.88. The molecule has 2 heterocycles. The summed E-state index contributed by atoms with van der Waals surface area (Å²) in [6.07, 6.45) is 3.58. The molecule has 2 aliphatic heterocycles. The zero-order chi connectivity index (χ0) is 18.9. The highest BCUT2D eigenvalue weighted by Gasteiger charge is 2.48. The molecule has 0 bridgehead atoms. The van der Waals surface area contributed by atoms with Gasteiger partial charge in [0.25, 0.3) is 5.91 Å². The van der Waals surface area contributed by atoms with Crippen LogP contribution in [0.15, 0.2) is 24.3 Å². The van der Waals surface area contributed by atoms with E-state index in [-0.39, 0.29) is 24.0 Å². The van der Waals surface area contributed by atoms with E-state index in [4.69, 9.17) is 9.47 Å². The van der Waals surface area contributed by atoms with E-state index < -0.39 is 0 Å². The minimum atomic E-state index is -0.366. The van der Waals surface area contributed by atoms with Crippen LogP contribution in [0.2, 0.25) is 0 Å². The maximum Gasteiger partial charge on any atom is 0.260 e. The molecule has 3 fully saturated rings. The van der Waals surface area contributed by atoms with Gasteiger partial charge >= 0.3 is 0 Å². The number of rotatable bonds is 5. The molecule has 1 aliphatic carbocycles. The Labute approximate surface area is 160 Å². The van der Waals surface area contributed by atoms with Crippen molar-refractivity contribution in [2.24, 2.45) is 5.92 Å². The molecule has 1 atom stereocenters. The molecule has 2 saturated heterocycles. The molecule has 6 heteroatoms. The standard InChI is InChI=1S/C21H28N2O4/c1-16-3-2-4-18(11-16)27-13-20(25)22-9-7-19(24)23(12-17-5-6-17)21(14-22)8-10-26-15-21/h2-4,11,17H,5-10,12-15H2,1H3. The van der Waals surface area contributed by atoms with Gasteiger partial charge in [0.15, 0.2) is 6.61 Å². The topological polar surface area (TPSA) is 59.1 Å². The van der Waals surface area contributed by atoms with E-state index in [0.29, 0.717) is 44.4 Å². The summed E-state index contributed by atoms with van der Waals surface area (Å²) in [6.45, 7) is 4.97. The van der Waals surface area contributed by atoms with Gasteiger partial charge in [0, 0.05) is 32.7 Å². The van der Waals surface area contributed by atoms with Crippen LogP contribution in [-0.4, -0.2) is 66.6 Å². The fourth-order valence-corrected chi connectivity index (χ4v) is 4.09. The summed E-state index contributed by atoms with van der Waals surface area (Å²) in [5, 5.41) is 0. The van der Waals surface area contributed by atoms with E-state index in [1.807, 2.05) is 36.1 Å². The first-order chi connectivity index (χ1) is 13.1. The highest BCUT2D eigenvalue weighted by molar-refractivity contribution is 5.82. The summed E-state index contributed by atoms with van der Waals surface area (Å²) in [4.78, 5) is 29.5. The molecule has 0 aromatic heterocycles. The Morgan fingerprint density at radius 2 is 2.22 bits per heavy atom. The van der Waals surface area contributed by atoms with E-state index in [0.717, 1.165) is 18.5 Å². The molecule has 0 radical (unpaired) electrons. The van der Waals surface area contributed by atoms with E-state index in [1.54, 1.807) is 4.90 Å². The molecule has 4 rings (SSSR count). The SMILES string of the molecule is Cc1cccc(OCC(=O)N2CCC(=O)N(CC3CC3)C3(CCOC3)C2)c1. The second kappa shape index (κ2) is 7.50. The van der Waals surface area contributed by atoms with E-state index in [2.05, 4.69) is 0 Å². The minimum Gasteiger partial charge on any atom is -0.484 e. The molecule has 1 unspecified atom stereocenters. The summed E-state index contributed by atoms with van der Waals surface area (Å²) in [6, 6.07) is 7.69. The van der Waals surface area contributed by atoms with Crippen molar-refractivity contribution in [1.82, 2.24) is 9.80 Å². The molecule has 1 spiro atoms. The Kier molecular flexibility index (Phi) is 5.08. The molecule has 3 aliphatic rings. The number of carbonyl (C=O) groups is 2. The van der Waals surface area contributed by atoms with Gasteiger partial charge in [0.1, 0.15) is 5.75 Å². The van der Waals surface area contributed by atoms with Gasteiger partial charge in [0.05, 0.1) is 12.1 Å². The molecule has 6 nitrogen and oxygen atoms in total. The van der Waals surface area contributed by atoms with Crippen LogP contribution in [-0.2, 0) is 14.3 Å². The predicted molar refractivity (Wildman–Crippen MR) is 100 cm³/mol. The summed E-state index contributed by atoms with van der Waals surface area (Å²) >= 11 is 0. The molecule has 1 saturated carbocycles. The summed E-state index contributed by atoms with van der Waals surface area (Å²) < 4.78 is 11.4. The van der Waals surface area contributed by atoms with E-state index in [9.17, 15) is 9.59 Å². The number of ether oxygens (including phenoxy) is 2. The van der Waals surface area contributed by atoms with Crippen LogP contribution in [0.4, 0.5) is 0 Å².